The molecular weight excluding hydrogens is 266 g/mol. The fraction of sp³-hybridized carbons (Fsp3) is 0.529. The summed E-state index contributed by atoms with van der Waals surface area (Å²) in [5.41, 5.74) is 6.25. The van der Waals surface area contributed by atoms with E-state index in [1.165, 1.54) is 0 Å². The molecule has 0 radical (unpaired) electrons. The first-order chi connectivity index (χ1) is 9.46. The van der Waals surface area contributed by atoms with Gasteiger partial charge in [-0.1, -0.05) is 56.4 Å². The van der Waals surface area contributed by atoms with Crippen molar-refractivity contribution in [3.05, 3.63) is 35.9 Å². The maximum Gasteiger partial charge on any atom is 0.150 e. The second-order valence-electron chi connectivity index (χ2n) is 6.30. The van der Waals surface area contributed by atoms with Gasteiger partial charge >= 0.3 is 0 Å². The molecule has 0 spiro atoms. The highest BCUT2D eigenvalue weighted by Gasteiger charge is 2.47. The lowest BCUT2D eigenvalue weighted by molar-refractivity contribution is -0.125. The van der Waals surface area contributed by atoms with Crippen LogP contribution >= 0.6 is 12.2 Å². The monoisotopic (exact) mass is 289 g/mol. The SMILES string of the molecule is CC(C)CC1CCC(=O)C(C(N)=S)(c2ccccc2)C1. The third kappa shape index (κ3) is 2.78. The molecule has 20 heavy (non-hydrogen) atoms. The van der Waals surface area contributed by atoms with E-state index in [4.69, 9.17) is 18.0 Å². The molecule has 1 aromatic carbocycles. The van der Waals surface area contributed by atoms with Gasteiger partial charge in [-0.3, -0.25) is 4.79 Å². The van der Waals surface area contributed by atoms with E-state index in [0.29, 0.717) is 23.2 Å². The molecule has 2 N–H and O–H groups in total. The molecule has 0 amide bonds. The Balaban J connectivity index is 2.39. The minimum atomic E-state index is -0.742. The summed E-state index contributed by atoms with van der Waals surface area (Å²) in [4.78, 5) is 13.0. The zero-order valence-electron chi connectivity index (χ0n) is 12.3. The van der Waals surface area contributed by atoms with Crippen LogP contribution in [0.25, 0.3) is 0 Å². The van der Waals surface area contributed by atoms with Gasteiger partial charge in [0.25, 0.3) is 0 Å². The Morgan fingerprint density at radius 3 is 2.60 bits per heavy atom. The lowest BCUT2D eigenvalue weighted by atomic mass is 9.63. The first-order valence-electron chi connectivity index (χ1n) is 7.35. The van der Waals surface area contributed by atoms with Gasteiger partial charge < -0.3 is 5.73 Å². The summed E-state index contributed by atoms with van der Waals surface area (Å²) < 4.78 is 0. The van der Waals surface area contributed by atoms with E-state index in [1.54, 1.807) is 0 Å². The van der Waals surface area contributed by atoms with E-state index in [-0.39, 0.29) is 5.78 Å². The molecule has 1 aromatic rings. The fourth-order valence-corrected chi connectivity index (χ4v) is 3.76. The molecule has 0 aliphatic heterocycles. The van der Waals surface area contributed by atoms with E-state index in [9.17, 15) is 4.79 Å². The number of rotatable bonds is 4. The first kappa shape index (κ1) is 15.2. The van der Waals surface area contributed by atoms with Crippen molar-refractivity contribution in [2.45, 2.75) is 44.9 Å². The molecular formula is C17H23NOS. The average Bonchev–Trinajstić information content (AvgIpc) is 2.41. The van der Waals surface area contributed by atoms with Gasteiger partial charge in [0.2, 0.25) is 0 Å². The Labute approximate surface area is 126 Å². The van der Waals surface area contributed by atoms with Gasteiger partial charge in [0.15, 0.2) is 0 Å². The summed E-state index contributed by atoms with van der Waals surface area (Å²) in [5.74, 6) is 1.35. The topological polar surface area (TPSA) is 43.1 Å². The molecule has 3 heteroatoms. The predicted octanol–water partition coefficient (Wildman–Crippen LogP) is 3.63. The summed E-state index contributed by atoms with van der Waals surface area (Å²) in [5, 5.41) is 0. The van der Waals surface area contributed by atoms with Crippen LogP contribution in [0.2, 0.25) is 0 Å². The smallest absolute Gasteiger partial charge is 0.150 e. The molecule has 108 valence electrons. The molecule has 0 saturated heterocycles. The molecule has 0 heterocycles. The summed E-state index contributed by atoms with van der Waals surface area (Å²) in [7, 11) is 0. The van der Waals surface area contributed by atoms with Gasteiger partial charge in [-0.05, 0) is 36.7 Å². The largest absolute Gasteiger partial charge is 0.392 e. The van der Waals surface area contributed by atoms with Gasteiger partial charge in [0.05, 0.1) is 4.99 Å². The van der Waals surface area contributed by atoms with Crippen molar-refractivity contribution in [2.24, 2.45) is 17.6 Å². The summed E-state index contributed by atoms with van der Waals surface area (Å²) in [6, 6.07) is 9.82. The summed E-state index contributed by atoms with van der Waals surface area (Å²) >= 11 is 5.31. The molecule has 1 aliphatic carbocycles. The molecule has 1 saturated carbocycles. The quantitative estimate of drug-likeness (QED) is 0.861. The molecule has 2 unspecified atom stereocenters. The Kier molecular flexibility index (Phi) is 4.59. The van der Waals surface area contributed by atoms with E-state index in [2.05, 4.69) is 13.8 Å². The van der Waals surface area contributed by atoms with Crippen molar-refractivity contribution >= 4 is 23.0 Å². The van der Waals surface area contributed by atoms with Crippen LogP contribution in [0.3, 0.4) is 0 Å². The van der Waals surface area contributed by atoms with Gasteiger partial charge in [-0.2, -0.15) is 0 Å². The molecule has 2 atom stereocenters. The van der Waals surface area contributed by atoms with Crippen LogP contribution in [0.5, 0.6) is 0 Å². The second-order valence-corrected chi connectivity index (χ2v) is 6.74. The van der Waals surface area contributed by atoms with Crippen LogP contribution in [-0.4, -0.2) is 10.8 Å². The molecule has 0 aromatic heterocycles. The Morgan fingerprint density at radius 1 is 1.40 bits per heavy atom. The van der Waals surface area contributed by atoms with Crippen LogP contribution < -0.4 is 5.73 Å². The summed E-state index contributed by atoms with van der Waals surface area (Å²) in [6.45, 7) is 4.45. The van der Waals surface area contributed by atoms with Crippen LogP contribution in [0.4, 0.5) is 0 Å². The van der Waals surface area contributed by atoms with Crippen LogP contribution in [-0.2, 0) is 10.2 Å². The maximum atomic E-state index is 12.6. The lowest BCUT2D eigenvalue weighted by Gasteiger charge is -2.39. The van der Waals surface area contributed by atoms with Gasteiger partial charge in [0, 0.05) is 6.42 Å². The van der Waals surface area contributed by atoms with Crippen molar-refractivity contribution in [1.29, 1.82) is 0 Å². The number of ketones is 1. The van der Waals surface area contributed by atoms with Crippen molar-refractivity contribution in [3.8, 4) is 0 Å². The van der Waals surface area contributed by atoms with Gasteiger partial charge in [-0.15, -0.1) is 0 Å². The lowest BCUT2D eigenvalue weighted by Crippen LogP contribution is -2.50. The standard InChI is InChI=1S/C17H23NOS/c1-12(2)10-13-8-9-15(19)17(11-13,16(18)20)14-6-4-3-5-7-14/h3-7,12-13H,8-11H2,1-2H3,(H2,18,20). The van der Waals surface area contributed by atoms with Crippen LogP contribution in [0, 0.1) is 11.8 Å². The molecule has 2 rings (SSSR count). The molecule has 0 bridgehead atoms. The number of carbonyl (C=O) groups excluding carboxylic acids is 1. The second kappa shape index (κ2) is 6.04. The predicted molar refractivity (Wildman–Crippen MR) is 86.7 cm³/mol. The maximum absolute atomic E-state index is 12.6. The molecule has 1 aliphatic rings. The number of nitrogens with two attached hydrogens (primary N) is 1. The van der Waals surface area contributed by atoms with E-state index in [0.717, 1.165) is 24.8 Å². The highest BCUT2D eigenvalue weighted by Crippen LogP contribution is 2.42. The van der Waals surface area contributed by atoms with Gasteiger partial charge in [0.1, 0.15) is 11.2 Å². The highest BCUT2D eigenvalue weighted by atomic mass is 32.1. The van der Waals surface area contributed by atoms with Crippen LogP contribution in [0.1, 0.15) is 45.1 Å². The summed E-state index contributed by atoms with van der Waals surface area (Å²) in [6.07, 6.45) is 3.45. The Bertz CT molecular complexity index is 497. The Morgan fingerprint density at radius 2 is 2.05 bits per heavy atom. The van der Waals surface area contributed by atoms with Crippen molar-refractivity contribution in [1.82, 2.24) is 0 Å². The Hall–Kier alpha value is -1.22. The number of Topliss-reactive ketones (excluding diaryl/α,β-unsaturated/α-hetero) is 1. The number of hydrogen-bond acceptors (Lipinski definition) is 2. The minimum absolute atomic E-state index is 0.191. The van der Waals surface area contributed by atoms with E-state index >= 15 is 0 Å². The first-order valence-corrected chi connectivity index (χ1v) is 7.76. The van der Waals surface area contributed by atoms with Crippen molar-refractivity contribution in [2.75, 3.05) is 0 Å². The average molecular weight is 289 g/mol. The van der Waals surface area contributed by atoms with E-state index in [1.807, 2.05) is 30.3 Å². The normalized spacial score (nSPS) is 26.8. The zero-order valence-corrected chi connectivity index (χ0v) is 13.1. The fourth-order valence-electron chi connectivity index (χ4n) is 3.45. The third-order valence-corrected chi connectivity index (χ3v) is 4.69. The zero-order chi connectivity index (χ0) is 14.8. The third-order valence-electron chi connectivity index (χ3n) is 4.34. The minimum Gasteiger partial charge on any atom is -0.392 e. The van der Waals surface area contributed by atoms with Gasteiger partial charge in [-0.25, -0.2) is 0 Å². The van der Waals surface area contributed by atoms with Crippen molar-refractivity contribution < 1.29 is 4.79 Å². The van der Waals surface area contributed by atoms with Crippen molar-refractivity contribution in [3.63, 3.8) is 0 Å². The molecule has 1 fully saturated rings. The molecule has 2 nitrogen and oxygen atoms in total. The highest BCUT2D eigenvalue weighted by molar-refractivity contribution is 7.80. The number of hydrogen-bond donors (Lipinski definition) is 1. The number of thiocarbonyl (C=S) groups is 1. The number of benzene rings is 1. The number of carbonyl (C=O) groups is 1. The van der Waals surface area contributed by atoms with E-state index < -0.39 is 5.41 Å². The van der Waals surface area contributed by atoms with Crippen LogP contribution in [0.15, 0.2) is 30.3 Å².